The molecule has 1 aromatic rings. The Hall–Kier alpha value is -1.71. The van der Waals surface area contributed by atoms with Gasteiger partial charge in [0.15, 0.2) is 0 Å². The van der Waals surface area contributed by atoms with Crippen molar-refractivity contribution in [2.75, 3.05) is 19.4 Å². The molecule has 21 heavy (non-hydrogen) atoms. The van der Waals surface area contributed by atoms with Crippen LogP contribution in [0.25, 0.3) is 0 Å². The fourth-order valence-electron chi connectivity index (χ4n) is 3.01. The Labute approximate surface area is 127 Å². The van der Waals surface area contributed by atoms with Crippen molar-refractivity contribution in [2.24, 2.45) is 5.92 Å². The van der Waals surface area contributed by atoms with Gasteiger partial charge in [-0.05, 0) is 37.0 Å². The number of nitrogens with zero attached hydrogens (tertiary/aromatic N) is 1. The molecular weight excluding hydrogens is 264 g/mol. The number of nitrogens with two attached hydrogens (primary N) is 1. The van der Waals surface area contributed by atoms with Crippen LogP contribution in [0.3, 0.4) is 0 Å². The molecule has 1 aliphatic carbocycles. The van der Waals surface area contributed by atoms with Gasteiger partial charge in [-0.1, -0.05) is 26.7 Å². The average Bonchev–Trinajstić information content (AvgIpc) is 2.98. The Balaban J connectivity index is 2.28. The number of anilines is 1. The molecule has 0 heterocycles. The number of methoxy groups -OCH3 is 1. The highest BCUT2D eigenvalue weighted by Gasteiger charge is 2.29. The number of benzene rings is 1. The van der Waals surface area contributed by atoms with Gasteiger partial charge >= 0.3 is 0 Å². The molecule has 116 valence electrons. The molecule has 0 bridgehead atoms. The number of carbonyl (C=O) groups excluding carboxylic acids is 1. The second-order valence-corrected chi connectivity index (χ2v) is 6.24. The maximum atomic E-state index is 12.9. The third-order valence-corrected chi connectivity index (χ3v) is 4.08. The summed E-state index contributed by atoms with van der Waals surface area (Å²) < 4.78 is 5.22. The first kappa shape index (κ1) is 15.7. The Kier molecular flexibility index (Phi) is 5.10. The fourth-order valence-corrected chi connectivity index (χ4v) is 3.01. The van der Waals surface area contributed by atoms with Gasteiger partial charge in [0.25, 0.3) is 5.91 Å². The van der Waals surface area contributed by atoms with E-state index in [1.165, 1.54) is 12.8 Å². The lowest BCUT2D eigenvalue weighted by Gasteiger charge is -2.31. The van der Waals surface area contributed by atoms with Crippen molar-refractivity contribution < 1.29 is 9.53 Å². The Morgan fingerprint density at radius 1 is 1.38 bits per heavy atom. The van der Waals surface area contributed by atoms with Gasteiger partial charge < -0.3 is 15.4 Å². The summed E-state index contributed by atoms with van der Waals surface area (Å²) in [6.07, 6.45) is 4.62. The molecule has 2 rings (SSSR count). The summed E-state index contributed by atoms with van der Waals surface area (Å²) in [6, 6.07) is 5.63. The van der Waals surface area contributed by atoms with Crippen LogP contribution in [0.15, 0.2) is 18.2 Å². The summed E-state index contributed by atoms with van der Waals surface area (Å²) in [6.45, 7) is 5.06. The molecule has 2 N–H and O–H groups in total. The van der Waals surface area contributed by atoms with Gasteiger partial charge in [-0.25, -0.2) is 0 Å². The van der Waals surface area contributed by atoms with Gasteiger partial charge in [0.05, 0.1) is 12.7 Å². The van der Waals surface area contributed by atoms with E-state index in [9.17, 15) is 4.79 Å². The van der Waals surface area contributed by atoms with Gasteiger partial charge in [-0.2, -0.15) is 0 Å². The summed E-state index contributed by atoms with van der Waals surface area (Å²) in [5.41, 5.74) is 7.09. The highest BCUT2D eigenvalue weighted by atomic mass is 16.5. The number of ether oxygens (including phenoxy) is 1. The zero-order valence-electron chi connectivity index (χ0n) is 13.3. The van der Waals surface area contributed by atoms with E-state index < -0.39 is 0 Å². The number of rotatable bonds is 5. The van der Waals surface area contributed by atoms with Crippen molar-refractivity contribution in [2.45, 2.75) is 45.6 Å². The van der Waals surface area contributed by atoms with Crippen LogP contribution in [0, 0.1) is 5.92 Å². The van der Waals surface area contributed by atoms with Crippen molar-refractivity contribution >= 4 is 11.6 Å². The Bertz CT molecular complexity index is 494. The summed E-state index contributed by atoms with van der Waals surface area (Å²) in [7, 11) is 1.60. The predicted molar refractivity (Wildman–Crippen MR) is 85.5 cm³/mol. The van der Waals surface area contributed by atoms with Crippen molar-refractivity contribution in [3.63, 3.8) is 0 Å². The number of carbonyl (C=O) groups is 1. The Morgan fingerprint density at radius 2 is 2.05 bits per heavy atom. The van der Waals surface area contributed by atoms with Gasteiger partial charge in [0, 0.05) is 18.3 Å². The van der Waals surface area contributed by atoms with Crippen molar-refractivity contribution in [3.05, 3.63) is 23.8 Å². The molecule has 0 saturated heterocycles. The highest BCUT2D eigenvalue weighted by molar-refractivity contribution is 5.99. The van der Waals surface area contributed by atoms with Crippen molar-refractivity contribution in [3.8, 4) is 5.75 Å². The van der Waals surface area contributed by atoms with Gasteiger partial charge in [-0.3, -0.25) is 4.79 Å². The smallest absolute Gasteiger partial charge is 0.256 e. The van der Waals surface area contributed by atoms with Crippen LogP contribution in [-0.2, 0) is 0 Å². The third kappa shape index (κ3) is 3.69. The summed E-state index contributed by atoms with van der Waals surface area (Å²) in [5, 5.41) is 0. The number of hydrogen-bond donors (Lipinski definition) is 1. The van der Waals surface area contributed by atoms with E-state index in [2.05, 4.69) is 13.8 Å². The molecule has 1 aromatic carbocycles. The number of amides is 1. The number of nitrogen functional groups attached to an aromatic ring is 1. The van der Waals surface area contributed by atoms with E-state index in [0.29, 0.717) is 29.0 Å². The molecule has 4 nitrogen and oxygen atoms in total. The van der Waals surface area contributed by atoms with E-state index in [-0.39, 0.29) is 5.91 Å². The molecule has 1 amide bonds. The standard InChI is InChI=1S/C17H26N2O2/c1-12(2)11-19(13-6-4-5-7-13)17(20)15-10-14(21-3)8-9-16(15)18/h8-10,12-13H,4-7,11,18H2,1-3H3. The van der Waals surface area contributed by atoms with Crippen LogP contribution in [0.4, 0.5) is 5.69 Å². The fraction of sp³-hybridized carbons (Fsp3) is 0.588. The Morgan fingerprint density at radius 3 is 2.62 bits per heavy atom. The highest BCUT2D eigenvalue weighted by Crippen LogP contribution is 2.28. The SMILES string of the molecule is COc1ccc(N)c(C(=O)N(CC(C)C)C2CCCC2)c1. The van der Waals surface area contributed by atoms with Crippen LogP contribution < -0.4 is 10.5 Å². The van der Waals surface area contributed by atoms with E-state index >= 15 is 0 Å². The van der Waals surface area contributed by atoms with Gasteiger partial charge in [0.2, 0.25) is 0 Å². The molecule has 0 atom stereocenters. The minimum Gasteiger partial charge on any atom is -0.497 e. The van der Waals surface area contributed by atoms with Crippen LogP contribution in [-0.4, -0.2) is 30.5 Å². The molecule has 1 fully saturated rings. The van der Waals surface area contributed by atoms with Crippen LogP contribution in [0.5, 0.6) is 5.75 Å². The second-order valence-electron chi connectivity index (χ2n) is 6.24. The molecule has 1 aliphatic rings. The maximum Gasteiger partial charge on any atom is 0.256 e. The largest absolute Gasteiger partial charge is 0.497 e. The molecule has 0 unspecified atom stereocenters. The molecule has 0 aromatic heterocycles. The lowest BCUT2D eigenvalue weighted by molar-refractivity contribution is 0.0656. The first-order chi connectivity index (χ1) is 10.0. The van der Waals surface area contributed by atoms with E-state index in [1.54, 1.807) is 25.3 Å². The molecule has 0 spiro atoms. The summed E-state index contributed by atoms with van der Waals surface area (Å²) in [5.74, 6) is 1.15. The first-order valence-electron chi connectivity index (χ1n) is 7.77. The quantitative estimate of drug-likeness (QED) is 0.846. The minimum absolute atomic E-state index is 0.0343. The van der Waals surface area contributed by atoms with Crippen LogP contribution >= 0.6 is 0 Å². The van der Waals surface area contributed by atoms with E-state index in [0.717, 1.165) is 19.4 Å². The molecule has 0 radical (unpaired) electrons. The molecule has 1 saturated carbocycles. The lowest BCUT2D eigenvalue weighted by Crippen LogP contribution is -2.41. The van der Waals surface area contributed by atoms with Crippen LogP contribution in [0.2, 0.25) is 0 Å². The lowest BCUT2D eigenvalue weighted by atomic mass is 10.1. The second kappa shape index (κ2) is 6.83. The van der Waals surface area contributed by atoms with Gasteiger partial charge in [0.1, 0.15) is 5.75 Å². The van der Waals surface area contributed by atoms with Crippen LogP contribution in [0.1, 0.15) is 49.9 Å². The van der Waals surface area contributed by atoms with E-state index in [4.69, 9.17) is 10.5 Å². The van der Waals surface area contributed by atoms with Crippen molar-refractivity contribution in [1.82, 2.24) is 4.90 Å². The topological polar surface area (TPSA) is 55.6 Å². The van der Waals surface area contributed by atoms with Gasteiger partial charge in [-0.15, -0.1) is 0 Å². The zero-order chi connectivity index (χ0) is 15.4. The molecule has 0 aliphatic heterocycles. The maximum absolute atomic E-state index is 12.9. The normalized spacial score (nSPS) is 15.4. The third-order valence-electron chi connectivity index (χ3n) is 4.08. The summed E-state index contributed by atoms with van der Waals surface area (Å²) in [4.78, 5) is 15.0. The molecular formula is C17H26N2O2. The van der Waals surface area contributed by atoms with Crippen molar-refractivity contribution in [1.29, 1.82) is 0 Å². The first-order valence-corrected chi connectivity index (χ1v) is 7.77. The zero-order valence-corrected chi connectivity index (χ0v) is 13.3. The predicted octanol–water partition coefficient (Wildman–Crippen LogP) is 3.32. The average molecular weight is 290 g/mol. The van der Waals surface area contributed by atoms with E-state index in [1.807, 2.05) is 4.90 Å². The minimum atomic E-state index is 0.0343. The number of hydrogen-bond acceptors (Lipinski definition) is 3. The monoisotopic (exact) mass is 290 g/mol. The molecule has 4 heteroatoms. The summed E-state index contributed by atoms with van der Waals surface area (Å²) >= 11 is 0.